The minimum atomic E-state index is -3.64. The van der Waals surface area contributed by atoms with Crippen LogP contribution >= 0.6 is 23.2 Å². The predicted molar refractivity (Wildman–Crippen MR) is 78.2 cm³/mol. The third-order valence-electron chi connectivity index (χ3n) is 2.61. The van der Waals surface area contributed by atoms with Gasteiger partial charge in [0.2, 0.25) is 0 Å². The first-order valence-electron chi connectivity index (χ1n) is 5.42. The van der Waals surface area contributed by atoms with Gasteiger partial charge in [-0.05, 0) is 23.8 Å². The Kier molecular flexibility index (Phi) is 4.04. The SMILES string of the molecule is Nc1cccc(Cl)c1S(=O)(=O)Cc1ccccc1Cl. The molecule has 0 aromatic heterocycles. The van der Waals surface area contributed by atoms with Gasteiger partial charge in [-0.3, -0.25) is 0 Å². The lowest BCUT2D eigenvalue weighted by Gasteiger charge is -2.10. The second kappa shape index (κ2) is 5.41. The fourth-order valence-electron chi connectivity index (χ4n) is 1.75. The standard InChI is InChI=1S/C13H11Cl2NO2S/c14-10-5-2-1-4-9(10)8-19(17,18)13-11(15)6-3-7-12(13)16/h1-7H,8,16H2. The van der Waals surface area contributed by atoms with Gasteiger partial charge in [-0.2, -0.15) is 0 Å². The first kappa shape index (κ1) is 14.2. The molecule has 100 valence electrons. The summed E-state index contributed by atoms with van der Waals surface area (Å²) in [7, 11) is -3.64. The van der Waals surface area contributed by atoms with E-state index in [-0.39, 0.29) is 21.4 Å². The maximum Gasteiger partial charge on any atom is 0.186 e. The fourth-order valence-corrected chi connectivity index (χ4v) is 4.16. The van der Waals surface area contributed by atoms with E-state index >= 15 is 0 Å². The maximum atomic E-state index is 12.4. The number of hydrogen-bond donors (Lipinski definition) is 1. The second-order valence-corrected chi connectivity index (χ2v) is 6.75. The third-order valence-corrected chi connectivity index (χ3v) is 5.18. The van der Waals surface area contributed by atoms with E-state index in [4.69, 9.17) is 28.9 Å². The van der Waals surface area contributed by atoms with Crippen LogP contribution < -0.4 is 5.73 Å². The van der Waals surface area contributed by atoms with Gasteiger partial charge < -0.3 is 5.73 Å². The van der Waals surface area contributed by atoms with Gasteiger partial charge in [0, 0.05) is 5.02 Å². The number of sulfone groups is 1. The molecule has 0 atom stereocenters. The lowest BCUT2D eigenvalue weighted by Crippen LogP contribution is -2.09. The Balaban J connectivity index is 2.47. The van der Waals surface area contributed by atoms with Crippen LogP contribution in [0.3, 0.4) is 0 Å². The van der Waals surface area contributed by atoms with Crippen molar-refractivity contribution in [1.29, 1.82) is 0 Å². The van der Waals surface area contributed by atoms with E-state index in [0.29, 0.717) is 10.6 Å². The highest BCUT2D eigenvalue weighted by atomic mass is 35.5. The van der Waals surface area contributed by atoms with E-state index in [1.54, 1.807) is 30.3 Å². The molecule has 2 aromatic rings. The van der Waals surface area contributed by atoms with Crippen molar-refractivity contribution in [1.82, 2.24) is 0 Å². The maximum absolute atomic E-state index is 12.4. The van der Waals surface area contributed by atoms with Crippen molar-refractivity contribution >= 4 is 38.7 Å². The smallest absolute Gasteiger partial charge is 0.186 e. The van der Waals surface area contributed by atoms with Crippen LogP contribution in [0.25, 0.3) is 0 Å². The number of halogens is 2. The molecule has 0 spiro atoms. The molecule has 3 nitrogen and oxygen atoms in total. The van der Waals surface area contributed by atoms with Crippen LogP contribution in [0.15, 0.2) is 47.4 Å². The lowest BCUT2D eigenvalue weighted by atomic mass is 10.2. The minimum absolute atomic E-state index is 0.0448. The molecule has 19 heavy (non-hydrogen) atoms. The summed E-state index contributed by atoms with van der Waals surface area (Å²) in [6.45, 7) is 0. The van der Waals surface area contributed by atoms with Crippen LogP contribution in [-0.4, -0.2) is 8.42 Å². The van der Waals surface area contributed by atoms with Crippen LogP contribution in [-0.2, 0) is 15.6 Å². The molecule has 6 heteroatoms. The Morgan fingerprint density at radius 3 is 2.21 bits per heavy atom. The molecule has 2 N–H and O–H groups in total. The highest BCUT2D eigenvalue weighted by Gasteiger charge is 2.22. The number of rotatable bonds is 3. The van der Waals surface area contributed by atoms with Crippen LogP contribution in [0.5, 0.6) is 0 Å². The molecule has 0 saturated heterocycles. The monoisotopic (exact) mass is 315 g/mol. The highest BCUT2D eigenvalue weighted by molar-refractivity contribution is 7.91. The zero-order valence-electron chi connectivity index (χ0n) is 9.81. The molecule has 0 aliphatic carbocycles. The minimum Gasteiger partial charge on any atom is -0.398 e. The van der Waals surface area contributed by atoms with E-state index < -0.39 is 9.84 Å². The van der Waals surface area contributed by atoms with Gasteiger partial charge in [-0.15, -0.1) is 0 Å². The van der Waals surface area contributed by atoms with Crippen molar-refractivity contribution in [3.63, 3.8) is 0 Å². The number of nitrogen functional groups attached to an aromatic ring is 1. The van der Waals surface area contributed by atoms with Crippen molar-refractivity contribution in [3.05, 3.63) is 58.1 Å². The van der Waals surface area contributed by atoms with Gasteiger partial charge in [-0.1, -0.05) is 47.5 Å². The predicted octanol–water partition coefficient (Wildman–Crippen LogP) is 3.55. The molecular formula is C13H11Cl2NO2S. The summed E-state index contributed by atoms with van der Waals surface area (Å²) in [5.41, 5.74) is 6.36. The quantitative estimate of drug-likeness (QED) is 0.881. The Bertz CT molecular complexity index is 694. The second-order valence-electron chi connectivity index (χ2n) is 4.01. The Morgan fingerprint density at radius 1 is 0.947 bits per heavy atom. The van der Waals surface area contributed by atoms with E-state index in [2.05, 4.69) is 0 Å². The van der Waals surface area contributed by atoms with Crippen LogP contribution in [0.2, 0.25) is 10.0 Å². The zero-order valence-corrected chi connectivity index (χ0v) is 12.1. The molecular weight excluding hydrogens is 305 g/mol. The molecule has 0 heterocycles. The van der Waals surface area contributed by atoms with Crippen molar-refractivity contribution in [2.24, 2.45) is 0 Å². The van der Waals surface area contributed by atoms with Crippen molar-refractivity contribution in [3.8, 4) is 0 Å². The van der Waals surface area contributed by atoms with Crippen LogP contribution in [0, 0.1) is 0 Å². The normalized spacial score (nSPS) is 11.5. The Morgan fingerprint density at radius 2 is 1.58 bits per heavy atom. The topological polar surface area (TPSA) is 60.2 Å². The zero-order chi connectivity index (χ0) is 14.0. The molecule has 0 aliphatic rings. The van der Waals surface area contributed by atoms with Gasteiger partial charge in [-0.25, -0.2) is 8.42 Å². The van der Waals surface area contributed by atoms with E-state index in [1.807, 2.05) is 0 Å². The molecule has 0 amide bonds. The summed E-state index contributed by atoms with van der Waals surface area (Å²) in [4.78, 5) is -0.0448. The summed E-state index contributed by atoms with van der Waals surface area (Å²) in [6, 6.07) is 11.4. The third kappa shape index (κ3) is 3.03. The van der Waals surface area contributed by atoms with Gasteiger partial charge >= 0.3 is 0 Å². The molecule has 0 radical (unpaired) electrons. The number of benzene rings is 2. The average molecular weight is 316 g/mol. The van der Waals surface area contributed by atoms with Gasteiger partial charge in [0.15, 0.2) is 9.84 Å². The summed E-state index contributed by atoms with van der Waals surface area (Å²) in [5.74, 6) is -0.236. The van der Waals surface area contributed by atoms with Gasteiger partial charge in [0.05, 0.1) is 16.5 Å². The largest absolute Gasteiger partial charge is 0.398 e. The van der Waals surface area contributed by atoms with E-state index in [0.717, 1.165) is 0 Å². The molecule has 0 unspecified atom stereocenters. The van der Waals surface area contributed by atoms with Crippen molar-refractivity contribution in [2.75, 3.05) is 5.73 Å². The van der Waals surface area contributed by atoms with Crippen LogP contribution in [0.1, 0.15) is 5.56 Å². The molecule has 0 aliphatic heterocycles. The first-order chi connectivity index (χ1) is 8.92. The number of anilines is 1. The molecule has 2 aromatic carbocycles. The van der Waals surface area contributed by atoms with Gasteiger partial charge in [0.1, 0.15) is 4.90 Å². The van der Waals surface area contributed by atoms with E-state index in [9.17, 15) is 8.42 Å². The molecule has 0 saturated carbocycles. The van der Waals surface area contributed by atoms with Gasteiger partial charge in [0.25, 0.3) is 0 Å². The number of hydrogen-bond acceptors (Lipinski definition) is 3. The summed E-state index contributed by atoms with van der Waals surface area (Å²) >= 11 is 11.9. The molecule has 0 fully saturated rings. The first-order valence-corrected chi connectivity index (χ1v) is 7.83. The lowest BCUT2D eigenvalue weighted by molar-refractivity contribution is 0.596. The summed E-state index contributed by atoms with van der Waals surface area (Å²) in [6.07, 6.45) is 0. The fraction of sp³-hybridized carbons (Fsp3) is 0.0769. The Labute approximate surface area is 121 Å². The summed E-state index contributed by atoms with van der Waals surface area (Å²) in [5, 5.41) is 0.517. The van der Waals surface area contributed by atoms with Crippen molar-refractivity contribution < 1.29 is 8.42 Å². The van der Waals surface area contributed by atoms with Crippen LogP contribution in [0.4, 0.5) is 5.69 Å². The molecule has 0 bridgehead atoms. The number of nitrogens with two attached hydrogens (primary N) is 1. The summed E-state index contributed by atoms with van der Waals surface area (Å²) < 4.78 is 24.7. The molecule has 2 rings (SSSR count). The highest BCUT2D eigenvalue weighted by Crippen LogP contribution is 2.31. The average Bonchev–Trinajstić information content (AvgIpc) is 2.31. The Hall–Kier alpha value is -1.23. The van der Waals surface area contributed by atoms with E-state index in [1.165, 1.54) is 12.1 Å². The van der Waals surface area contributed by atoms with Crippen molar-refractivity contribution in [2.45, 2.75) is 10.6 Å².